The van der Waals surface area contributed by atoms with Crippen LogP contribution >= 0.6 is 0 Å². The van der Waals surface area contributed by atoms with Gasteiger partial charge in [0, 0.05) is 54.9 Å². The molecule has 0 saturated heterocycles. The highest BCUT2D eigenvalue weighted by molar-refractivity contribution is 6.13. The Morgan fingerprint density at radius 1 is 0.500 bits per heavy atom. The van der Waals surface area contributed by atoms with Gasteiger partial charge in [-0.25, -0.2) is 0 Å². The Bertz CT molecular complexity index is 4030. The van der Waals surface area contributed by atoms with Crippen LogP contribution in [-0.4, -0.2) is 9.13 Å². The van der Waals surface area contributed by atoms with Crippen molar-refractivity contribution in [3.63, 3.8) is 0 Å². The zero-order chi connectivity index (χ0) is 45.7. The molecule has 12 rings (SSSR count). The van der Waals surface area contributed by atoms with E-state index in [1.54, 1.807) is 0 Å². The summed E-state index contributed by atoms with van der Waals surface area (Å²) in [4.78, 5) is 2.29. The monoisotopic (exact) mass is 876 g/mol. The topological polar surface area (TPSA) is 52.3 Å². The molecular weight excluding hydrogens is 829 g/mol. The van der Waals surface area contributed by atoms with Crippen LogP contribution in [0.4, 0.5) is 17.1 Å². The van der Waals surface area contributed by atoms with Gasteiger partial charge in [0.25, 0.3) is 0 Å². The highest BCUT2D eigenvalue weighted by Crippen LogP contribution is 2.40. The van der Waals surface area contributed by atoms with E-state index in [-0.39, 0.29) is 0 Å². The molecule has 12 aromatic rings. The van der Waals surface area contributed by atoms with Gasteiger partial charge in [-0.15, -0.1) is 0 Å². The Balaban J connectivity index is 1.06. The second-order valence-electron chi connectivity index (χ2n) is 17.3. The van der Waals surface area contributed by atoms with Crippen molar-refractivity contribution in [2.75, 3.05) is 10.6 Å². The van der Waals surface area contributed by atoms with Gasteiger partial charge in [-0.1, -0.05) is 128 Å². The van der Waals surface area contributed by atoms with Crippen LogP contribution in [0.5, 0.6) is 0 Å². The van der Waals surface area contributed by atoms with E-state index in [1.807, 2.05) is 43.3 Å². The molecule has 0 spiro atoms. The van der Waals surface area contributed by atoms with Gasteiger partial charge in [-0.2, -0.15) is 0 Å². The van der Waals surface area contributed by atoms with Gasteiger partial charge in [0.15, 0.2) is 0 Å². The first-order valence-electron chi connectivity index (χ1n) is 23.4. The highest BCUT2D eigenvalue weighted by Gasteiger charge is 2.21. The highest BCUT2D eigenvalue weighted by atomic mass is 16.3. The summed E-state index contributed by atoms with van der Waals surface area (Å²) in [7, 11) is 0. The average Bonchev–Trinajstić information content (AvgIpc) is 4.04. The molecule has 326 valence electrons. The van der Waals surface area contributed by atoms with E-state index in [2.05, 4.69) is 215 Å². The molecule has 9 aromatic carbocycles. The number of fused-ring (bicyclic) bond motifs is 7. The van der Waals surface area contributed by atoms with E-state index in [0.29, 0.717) is 5.69 Å². The third-order valence-corrected chi connectivity index (χ3v) is 13.4. The van der Waals surface area contributed by atoms with Crippen molar-refractivity contribution in [2.24, 2.45) is 0 Å². The van der Waals surface area contributed by atoms with Crippen molar-refractivity contribution in [1.29, 1.82) is 0 Å². The number of furan rings is 1. The SMILES string of the molecule is C\C=C/C=c1/oc2ccc(-c3ccc4c(c3)c3cc(-c5ccc6c(c5)c5ccccc5n6-c5ccccc5)ccc3n4-c3ccccc3)cc2/c1=C(/CC)N(c1ccccc1)c1ccccc1N. The Kier molecular flexibility index (Phi) is 10.1. The lowest BCUT2D eigenvalue weighted by Gasteiger charge is -2.28. The summed E-state index contributed by atoms with van der Waals surface area (Å²) in [5.41, 5.74) is 23.7. The van der Waals surface area contributed by atoms with Crippen molar-refractivity contribution in [3.8, 4) is 33.6 Å². The second-order valence-corrected chi connectivity index (χ2v) is 17.3. The minimum Gasteiger partial charge on any atom is -0.456 e. The number of aromatic nitrogens is 2. The van der Waals surface area contributed by atoms with E-state index in [1.165, 1.54) is 43.7 Å². The maximum absolute atomic E-state index is 6.76. The molecule has 0 aliphatic carbocycles. The number of benzene rings is 9. The van der Waals surface area contributed by atoms with Crippen LogP contribution in [0, 0.1) is 0 Å². The fraction of sp³-hybridized carbons (Fsp3) is 0.0476. The van der Waals surface area contributed by atoms with Gasteiger partial charge in [-0.05, 0) is 145 Å². The lowest BCUT2D eigenvalue weighted by molar-refractivity contribution is 0.575. The van der Waals surface area contributed by atoms with Crippen LogP contribution in [0.25, 0.3) is 100.0 Å². The van der Waals surface area contributed by atoms with Crippen LogP contribution in [0.1, 0.15) is 20.3 Å². The van der Waals surface area contributed by atoms with Gasteiger partial charge >= 0.3 is 0 Å². The Morgan fingerprint density at radius 3 is 1.53 bits per heavy atom. The molecule has 0 aliphatic heterocycles. The number of hydrogen-bond donors (Lipinski definition) is 1. The molecule has 0 fully saturated rings. The molecule has 68 heavy (non-hydrogen) atoms. The van der Waals surface area contributed by atoms with E-state index in [9.17, 15) is 0 Å². The number of anilines is 3. The molecule has 5 heteroatoms. The zero-order valence-corrected chi connectivity index (χ0v) is 38.0. The Morgan fingerprint density at radius 2 is 0.971 bits per heavy atom. The smallest absolute Gasteiger partial charge is 0.137 e. The fourth-order valence-corrected chi connectivity index (χ4v) is 10.3. The quantitative estimate of drug-likeness (QED) is 0.147. The number of allylic oxidation sites excluding steroid dienone is 2. The average molecular weight is 877 g/mol. The predicted molar refractivity (Wildman–Crippen MR) is 287 cm³/mol. The number of rotatable bonds is 9. The summed E-state index contributed by atoms with van der Waals surface area (Å²) in [6.45, 7) is 4.23. The largest absolute Gasteiger partial charge is 0.456 e. The Labute approximate surface area is 394 Å². The molecule has 0 amide bonds. The summed E-state index contributed by atoms with van der Waals surface area (Å²) in [5.74, 6) is 0. The first kappa shape index (κ1) is 40.7. The van der Waals surface area contributed by atoms with Crippen LogP contribution in [0.2, 0.25) is 0 Å². The number of para-hydroxylation sites is 6. The summed E-state index contributed by atoms with van der Waals surface area (Å²) in [5, 5.41) is 6.96. The predicted octanol–water partition coefficient (Wildman–Crippen LogP) is 15.3. The van der Waals surface area contributed by atoms with Crippen LogP contribution in [-0.2, 0) is 0 Å². The number of nitrogens with zero attached hydrogens (tertiary/aromatic N) is 3. The van der Waals surface area contributed by atoms with E-state index in [4.69, 9.17) is 10.2 Å². The second kappa shape index (κ2) is 16.9. The Hall–Kier alpha value is -8.80. The lowest BCUT2D eigenvalue weighted by atomic mass is 9.98. The number of nitrogens with two attached hydrogens (primary N) is 1. The first-order valence-corrected chi connectivity index (χ1v) is 23.4. The molecule has 0 unspecified atom stereocenters. The normalized spacial score (nSPS) is 12.6. The number of hydrogen-bond acceptors (Lipinski definition) is 3. The van der Waals surface area contributed by atoms with Crippen molar-refractivity contribution in [2.45, 2.75) is 20.3 Å². The van der Waals surface area contributed by atoms with Crippen LogP contribution in [0.3, 0.4) is 0 Å². The minimum atomic E-state index is 0.706. The van der Waals surface area contributed by atoms with Gasteiger partial charge in [-0.3, -0.25) is 0 Å². The van der Waals surface area contributed by atoms with Gasteiger partial charge < -0.3 is 24.2 Å². The lowest BCUT2D eigenvalue weighted by Crippen LogP contribution is -2.31. The van der Waals surface area contributed by atoms with Gasteiger partial charge in [0.1, 0.15) is 11.0 Å². The summed E-state index contributed by atoms with van der Waals surface area (Å²) in [6, 6.07) is 76.0. The van der Waals surface area contributed by atoms with Crippen molar-refractivity contribution in [1.82, 2.24) is 9.13 Å². The third-order valence-electron chi connectivity index (χ3n) is 13.4. The standard InChI is InChI=1S/C63H48N4O/c1-3-5-29-62-63(55(4-2)65(46-19-9-6-10-20-46)60-28-18-16-26-54(60)64)53-41-45(33-37-61(53)68-62)44-32-36-59-52(40-44)51-39-43(31-35-58(51)67(59)48-23-13-8-14-24-48)42-30-34-57-50(38-42)49-25-15-17-27-56(49)66(57)47-21-11-7-12-22-47/h3,5-41H,4,64H2,1-2H3/b5-3-,62-29+,63-55+. The van der Waals surface area contributed by atoms with E-state index < -0.39 is 0 Å². The van der Waals surface area contributed by atoms with E-state index in [0.717, 1.165) is 78.6 Å². The van der Waals surface area contributed by atoms with E-state index >= 15 is 0 Å². The van der Waals surface area contributed by atoms with Crippen LogP contribution in [0.15, 0.2) is 229 Å². The molecule has 0 bridgehead atoms. The summed E-state index contributed by atoms with van der Waals surface area (Å²) < 4.78 is 11.5. The summed E-state index contributed by atoms with van der Waals surface area (Å²) in [6.07, 6.45) is 6.88. The molecule has 0 saturated carbocycles. The van der Waals surface area contributed by atoms with Crippen molar-refractivity contribution >= 4 is 83.4 Å². The summed E-state index contributed by atoms with van der Waals surface area (Å²) >= 11 is 0. The molecule has 3 aromatic heterocycles. The zero-order valence-electron chi connectivity index (χ0n) is 38.0. The molecule has 0 radical (unpaired) electrons. The van der Waals surface area contributed by atoms with Gasteiger partial charge in [0.2, 0.25) is 0 Å². The molecule has 2 N–H and O–H groups in total. The van der Waals surface area contributed by atoms with Gasteiger partial charge in [0.05, 0.1) is 33.4 Å². The first-order chi connectivity index (χ1) is 33.6. The fourth-order valence-electron chi connectivity index (χ4n) is 10.3. The third kappa shape index (κ3) is 6.78. The van der Waals surface area contributed by atoms with Crippen LogP contribution < -0.4 is 21.3 Å². The van der Waals surface area contributed by atoms with Crippen molar-refractivity contribution in [3.05, 3.63) is 235 Å². The molecule has 3 heterocycles. The maximum atomic E-state index is 6.76. The molecular formula is C63H48N4O. The van der Waals surface area contributed by atoms with Crippen molar-refractivity contribution < 1.29 is 4.42 Å². The maximum Gasteiger partial charge on any atom is 0.137 e. The molecule has 0 aliphatic rings. The minimum absolute atomic E-state index is 0.706. The molecule has 5 nitrogen and oxygen atoms in total. The molecule has 0 atom stereocenters. The number of nitrogen functional groups attached to an aromatic ring is 1.